The molecule has 1 aromatic rings. The van der Waals surface area contributed by atoms with Crippen LogP contribution in [0.4, 0.5) is 0 Å². The van der Waals surface area contributed by atoms with E-state index in [1.165, 1.54) is 6.20 Å². The Morgan fingerprint density at radius 3 is 2.84 bits per heavy atom. The van der Waals surface area contributed by atoms with Gasteiger partial charge in [-0.3, -0.25) is 19.7 Å². The lowest BCUT2D eigenvalue weighted by Gasteiger charge is -2.21. The quantitative estimate of drug-likeness (QED) is 0.376. The zero-order valence-corrected chi connectivity index (χ0v) is 18.6. The van der Waals surface area contributed by atoms with E-state index in [2.05, 4.69) is 28.6 Å². The summed E-state index contributed by atoms with van der Waals surface area (Å²) in [6.45, 7) is 10.3. The number of aldehydes is 1. The van der Waals surface area contributed by atoms with Gasteiger partial charge in [-0.15, -0.1) is 0 Å². The van der Waals surface area contributed by atoms with Crippen LogP contribution in [0.5, 0.6) is 0 Å². The number of ether oxygens (including phenoxy) is 1. The Labute approximate surface area is 188 Å². The van der Waals surface area contributed by atoms with Crippen molar-refractivity contribution in [2.24, 2.45) is 9.98 Å². The van der Waals surface area contributed by atoms with Crippen molar-refractivity contribution in [2.75, 3.05) is 40.0 Å². The van der Waals surface area contributed by atoms with Crippen LogP contribution in [0.2, 0.25) is 0 Å². The van der Waals surface area contributed by atoms with E-state index in [-0.39, 0.29) is 12.6 Å². The SMILES string of the molecule is C=N/C=C(Cl)\C(=N/C1CCOCC1)c1ccc(CN(C)CC(=C)NCCO)c(C=O)n1. The Morgan fingerprint density at radius 2 is 2.19 bits per heavy atom. The van der Waals surface area contributed by atoms with Gasteiger partial charge in [0.15, 0.2) is 6.29 Å². The molecule has 0 atom stereocenters. The number of aliphatic imine (C=N–C) groups is 2. The second kappa shape index (κ2) is 13.1. The molecular weight excluding hydrogens is 418 g/mol. The standard InChI is InChI=1S/C22H30ClN5O3/c1-16(25-8-9-29)13-28(3)14-17-4-5-20(27-21(17)15-30)22(19(23)12-24-2)26-18-6-10-31-11-7-18/h4-5,12,15,18,25,29H,1-2,6-11,13-14H2,3H3/b19-12+,26-22+. The molecule has 0 amide bonds. The molecule has 2 rings (SSSR count). The topological polar surface area (TPSA) is 99.4 Å². The fraction of sp³-hybridized carbons (Fsp3) is 0.455. The summed E-state index contributed by atoms with van der Waals surface area (Å²) in [7, 11) is 1.92. The van der Waals surface area contributed by atoms with Crippen molar-refractivity contribution in [3.63, 3.8) is 0 Å². The molecule has 168 valence electrons. The summed E-state index contributed by atoms with van der Waals surface area (Å²) in [5, 5.41) is 12.3. The maximum atomic E-state index is 11.8. The highest BCUT2D eigenvalue weighted by atomic mass is 35.5. The minimum atomic E-state index is 0.0412. The summed E-state index contributed by atoms with van der Waals surface area (Å²) in [6, 6.07) is 3.74. The summed E-state index contributed by atoms with van der Waals surface area (Å²) < 4.78 is 5.40. The van der Waals surface area contributed by atoms with Crippen LogP contribution < -0.4 is 5.32 Å². The number of nitrogens with zero attached hydrogens (tertiary/aromatic N) is 4. The molecule has 31 heavy (non-hydrogen) atoms. The monoisotopic (exact) mass is 447 g/mol. The summed E-state index contributed by atoms with van der Waals surface area (Å²) >= 11 is 6.41. The molecule has 1 fully saturated rings. The maximum Gasteiger partial charge on any atom is 0.168 e. The van der Waals surface area contributed by atoms with Crippen LogP contribution in [-0.4, -0.2) is 79.7 Å². The third-order valence-electron chi connectivity index (χ3n) is 4.69. The van der Waals surface area contributed by atoms with E-state index in [1.807, 2.05) is 24.1 Å². The Balaban J connectivity index is 2.24. The van der Waals surface area contributed by atoms with Gasteiger partial charge in [0, 0.05) is 44.7 Å². The lowest BCUT2D eigenvalue weighted by atomic mass is 10.1. The fourth-order valence-corrected chi connectivity index (χ4v) is 3.44. The van der Waals surface area contributed by atoms with Gasteiger partial charge in [-0.1, -0.05) is 24.2 Å². The van der Waals surface area contributed by atoms with Gasteiger partial charge in [-0.25, -0.2) is 4.98 Å². The molecule has 2 heterocycles. The van der Waals surface area contributed by atoms with Gasteiger partial charge < -0.3 is 15.2 Å². The molecule has 1 aromatic heterocycles. The van der Waals surface area contributed by atoms with E-state index >= 15 is 0 Å². The number of aromatic nitrogens is 1. The molecule has 0 spiro atoms. The molecule has 1 aliphatic heterocycles. The zero-order chi connectivity index (χ0) is 22.6. The van der Waals surface area contributed by atoms with Crippen molar-refractivity contribution in [3.8, 4) is 0 Å². The second-order valence-electron chi connectivity index (χ2n) is 7.27. The van der Waals surface area contributed by atoms with Crippen LogP contribution in [0, 0.1) is 0 Å². The molecule has 1 saturated heterocycles. The number of likely N-dealkylation sites (N-methyl/N-ethyl adjacent to an activating group) is 1. The predicted molar refractivity (Wildman–Crippen MR) is 124 cm³/mol. The minimum absolute atomic E-state index is 0.0412. The van der Waals surface area contributed by atoms with E-state index < -0.39 is 0 Å². The van der Waals surface area contributed by atoms with Crippen molar-refractivity contribution < 1.29 is 14.6 Å². The first kappa shape index (κ1) is 24.9. The Kier molecular flexibility index (Phi) is 10.5. The number of nitrogens with one attached hydrogen (secondary N) is 1. The highest BCUT2D eigenvalue weighted by molar-refractivity contribution is 6.46. The van der Waals surface area contributed by atoms with Crippen molar-refractivity contribution in [3.05, 3.63) is 52.6 Å². The molecule has 0 aliphatic carbocycles. The van der Waals surface area contributed by atoms with Gasteiger partial charge in [0.25, 0.3) is 0 Å². The van der Waals surface area contributed by atoms with Gasteiger partial charge in [0.05, 0.1) is 23.4 Å². The molecule has 2 N–H and O–H groups in total. The average molecular weight is 448 g/mol. The van der Waals surface area contributed by atoms with Gasteiger partial charge in [-0.2, -0.15) is 0 Å². The van der Waals surface area contributed by atoms with Gasteiger partial charge >= 0.3 is 0 Å². The third kappa shape index (κ3) is 7.99. The number of aliphatic hydroxyl groups excluding tert-OH is 1. The van der Waals surface area contributed by atoms with Gasteiger partial charge in [0.1, 0.15) is 11.4 Å². The van der Waals surface area contributed by atoms with Crippen molar-refractivity contribution in [1.29, 1.82) is 0 Å². The second-order valence-corrected chi connectivity index (χ2v) is 7.67. The molecular formula is C22H30ClN5O3. The molecule has 0 radical (unpaired) electrons. The summed E-state index contributed by atoms with van der Waals surface area (Å²) in [5.74, 6) is 0. The third-order valence-corrected chi connectivity index (χ3v) is 4.96. The number of allylic oxidation sites excluding steroid dienone is 1. The summed E-state index contributed by atoms with van der Waals surface area (Å²) in [6.07, 6.45) is 3.76. The number of aliphatic hydroxyl groups is 1. The molecule has 1 aliphatic rings. The van der Waals surface area contributed by atoms with Crippen molar-refractivity contribution in [1.82, 2.24) is 15.2 Å². The number of carbonyl (C=O) groups excluding carboxylic acids is 1. The Hall–Kier alpha value is -2.39. The first-order chi connectivity index (χ1) is 15.0. The maximum absolute atomic E-state index is 11.8. The number of hydrogen-bond acceptors (Lipinski definition) is 8. The Bertz CT molecular complexity index is 834. The molecule has 0 bridgehead atoms. The molecule has 8 nitrogen and oxygen atoms in total. The highest BCUT2D eigenvalue weighted by Crippen LogP contribution is 2.19. The fourth-order valence-electron chi connectivity index (χ4n) is 3.22. The smallest absolute Gasteiger partial charge is 0.168 e. The van der Waals surface area contributed by atoms with Crippen LogP contribution >= 0.6 is 11.6 Å². The number of pyridine rings is 1. The van der Waals surface area contributed by atoms with E-state index in [9.17, 15) is 4.79 Å². The first-order valence-electron chi connectivity index (χ1n) is 10.1. The van der Waals surface area contributed by atoms with Crippen molar-refractivity contribution in [2.45, 2.75) is 25.4 Å². The van der Waals surface area contributed by atoms with Crippen LogP contribution in [0.3, 0.4) is 0 Å². The Morgan fingerprint density at radius 1 is 1.45 bits per heavy atom. The molecule has 0 unspecified atom stereocenters. The minimum Gasteiger partial charge on any atom is -0.395 e. The number of halogens is 1. The zero-order valence-electron chi connectivity index (χ0n) is 17.9. The van der Waals surface area contributed by atoms with Crippen LogP contribution in [-0.2, 0) is 11.3 Å². The van der Waals surface area contributed by atoms with Crippen molar-refractivity contribution >= 4 is 30.3 Å². The molecule has 9 heteroatoms. The highest BCUT2D eigenvalue weighted by Gasteiger charge is 2.18. The average Bonchev–Trinajstić information content (AvgIpc) is 2.77. The number of rotatable bonds is 12. The first-order valence-corrected chi connectivity index (χ1v) is 10.5. The van der Waals surface area contributed by atoms with E-state index in [0.717, 1.165) is 30.4 Å². The van der Waals surface area contributed by atoms with Crippen LogP contribution in [0.1, 0.15) is 34.6 Å². The van der Waals surface area contributed by atoms with Crippen LogP contribution in [0.15, 0.2) is 45.6 Å². The molecule has 0 saturated carbocycles. The van der Waals surface area contributed by atoms with Gasteiger partial charge in [-0.05, 0) is 38.2 Å². The summed E-state index contributed by atoms with van der Waals surface area (Å²) in [4.78, 5) is 26.8. The van der Waals surface area contributed by atoms with Crippen LogP contribution in [0.25, 0.3) is 0 Å². The van der Waals surface area contributed by atoms with Gasteiger partial charge in [0.2, 0.25) is 0 Å². The lowest BCUT2D eigenvalue weighted by molar-refractivity contribution is 0.0871. The van der Waals surface area contributed by atoms with E-state index in [0.29, 0.717) is 55.0 Å². The summed E-state index contributed by atoms with van der Waals surface area (Å²) in [5.41, 5.74) is 2.90. The van der Waals surface area contributed by atoms with E-state index in [1.54, 1.807) is 0 Å². The number of hydrogen-bond donors (Lipinski definition) is 2. The van der Waals surface area contributed by atoms with E-state index in [4.69, 9.17) is 26.4 Å². The molecule has 0 aromatic carbocycles. The number of carbonyl (C=O) groups is 1. The normalized spacial score (nSPS) is 15.7. The predicted octanol–water partition coefficient (Wildman–Crippen LogP) is 2.17. The lowest BCUT2D eigenvalue weighted by Crippen LogP contribution is -2.28. The largest absolute Gasteiger partial charge is 0.395 e.